The molecule has 0 fully saturated rings. The summed E-state index contributed by atoms with van der Waals surface area (Å²) in [6, 6.07) is 95.3. The zero-order valence-corrected chi connectivity index (χ0v) is 39.1. The summed E-state index contributed by atoms with van der Waals surface area (Å²) in [4.78, 5) is 4.62. The summed E-state index contributed by atoms with van der Waals surface area (Å²) in [5.74, 6) is 0. The molecule has 4 heteroatoms. The first-order chi connectivity index (χ1) is 35.7. The number of rotatable bonds is 9. The van der Waals surface area contributed by atoms with E-state index in [0.717, 1.165) is 100 Å². The summed E-state index contributed by atoms with van der Waals surface area (Å²) < 4.78 is 13.3. The Balaban J connectivity index is 0.829. The molecule has 0 aliphatic heterocycles. The normalized spacial score (nSPS) is 11.6. The highest BCUT2D eigenvalue weighted by Crippen LogP contribution is 2.45. The Morgan fingerprint density at radius 1 is 0.222 bits per heavy atom. The maximum absolute atomic E-state index is 6.66. The number of fused-ring (bicyclic) bond motifs is 8. The van der Waals surface area contributed by atoms with Gasteiger partial charge >= 0.3 is 0 Å². The van der Waals surface area contributed by atoms with Gasteiger partial charge in [-0.3, -0.25) is 0 Å². The van der Waals surface area contributed by atoms with E-state index in [2.05, 4.69) is 252 Å². The van der Waals surface area contributed by atoms with Gasteiger partial charge in [0.15, 0.2) is 11.2 Å². The maximum Gasteiger partial charge on any atom is 0.159 e. The van der Waals surface area contributed by atoms with Crippen LogP contribution in [0.1, 0.15) is 0 Å². The number of furan rings is 2. The number of hydrogen-bond donors (Lipinski definition) is 0. The second-order valence-electron chi connectivity index (χ2n) is 18.5. The average Bonchev–Trinajstić information content (AvgIpc) is 4.04. The van der Waals surface area contributed by atoms with Gasteiger partial charge < -0.3 is 18.6 Å². The molecule has 4 nitrogen and oxygen atoms in total. The lowest BCUT2D eigenvalue weighted by molar-refractivity contribution is 0.668. The molecular formula is C68H44N2O2. The Morgan fingerprint density at radius 2 is 0.528 bits per heavy atom. The first-order valence-corrected chi connectivity index (χ1v) is 24.5. The molecule has 0 amide bonds. The molecule has 0 saturated carbocycles. The SMILES string of the molecule is c1ccc2cc(-c3ccc(N(c4ccc(-c5ccc(N(c6ccc(-c7ccc8ccccc8c7)cc6)c6cccc7c6oc6ccccc67)cc5)cc4)c4cccc5c4oc4ccccc45)cc3)ccc2c1. The fraction of sp³-hybridized carbons (Fsp3) is 0. The smallest absolute Gasteiger partial charge is 0.159 e. The van der Waals surface area contributed by atoms with E-state index in [0.29, 0.717) is 0 Å². The Bertz CT molecular complexity index is 4040. The predicted molar refractivity (Wildman–Crippen MR) is 302 cm³/mol. The molecule has 0 radical (unpaired) electrons. The van der Waals surface area contributed by atoms with E-state index in [-0.39, 0.29) is 0 Å². The molecule has 0 aliphatic rings. The molecule has 2 heterocycles. The molecule has 338 valence electrons. The number of para-hydroxylation sites is 4. The molecule has 0 saturated heterocycles. The highest BCUT2D eigenvalue weighted by atomic mass is 16.3. The summed E-state index contributed by atoms with van der Waals surface area (Å²) in [6.45, 7) is 0. The average molecular weight is 921 g/mol. The van der Waals surface area contributed by atoms with E-state index in [1.807, 2.05) is 24.3 Å². The zero-order chi connectivity index (χ0) is 47.5. The van der Waals surface area contributed by atoms with Crippen LogP contribution in [0.2, 0.25) is 0 Å². The van der Waals surface area contributed by atoms with E-state index in [1.165, 1.54) is 32.7 Å². The Labute approximate surface area is 416 Å². The van der Waals surface area contributed by atoms with E-state index in [9.17, 15) is 0 Å². The molecule has 72 heavy (non-hydrogen) atoms. The molecule has 0 bridgehead atoms. The van der Waals surface area contributed by atoms with Crippen LogP contribution in [0.25, 0.3) is 98.8 Å². The van der Waals surface area contributed by atoms with E-state index in [4.69, 9.17) is 8.83 Å². The second kappa shape index (κ2) is 17.1. The summed E-state index contributed by atoms with van der Waals surface area (Å²) in [7, 11) is 0. The van der Waals surface area contributed by atoms with Crippen LogP contribution in [0.3, 0.4) is 0 Å². The van der Waals surface area contributed by atoms with Gasteiger partial charge in [0.2, 0.25) is 0 Å². The number of nitrogens with zero attached hydrogens (tertiary/aromatic N) is 2. The summed E-state index contributed by atoms with van der Waals surface area (Å²) in [6.07, 6.45) is 0. The highest BCUT2D eigenvalue weighted by molar-refractivity contribution is 6.11. The van der Waals surface area contributed by atoms with Crippen LogP contribution in [-0.4, -0.2) is 0 Å². The molecule has 2 aromatic heterocycles. The van der Waals surface area contributed by atoms with Gasteiger partial charge in [0.05, 0.1) is 11.4 Å². The van der Waals surface area contributed by atoms with Gasteiger partial charge in [-0.25, -0.2) is 0 Å². The standard InChI is InChI=1S/C68H44N2O2/c1-3-13-51-43-53(25-23-45(51)11-1)49-31-39-57(40-32-49)69(63-19-9-17-61-59-15-5-7-21-65(59)71-67(61)63)55-35-27-47(28-36-55)48-29-37-56(38-30-48)70(64-20-10-18-62-60-16-6-8-22-66(60)72-68(62)64)58-41-33-50(34-42-58)54-26-24-46-12-2-4-14-52(46)44-54/h1-44H. The quantitative estimate of drug-likeness (QED) is 0.144. The summed E-state index contributed by atoms with van der Waals surface area (Å²) in [5.41, 5.74) is 16.5. The maximum atomic E-state index is 6.66. The largest absolute Gasteiger partial charge is 0.454 e. The van der Waals surface area contributed by atoms with Gasteiger partial charge in [-0.05, 0) is 140 Å². The van der Waals surface area contributed by atoms with Crippen LogP contribution in [-0.2, 0) is 0 Å². The van der Waals surface area contributed by atoms with Crippen molar-refractivity contribution in [2.45, 2.75) is 0 Å². The summed E-state index contributed by atoms with van der Waals surface area (Å²) >= 11 is 0. The zero-order valence-electron chi connectivity index (χ0n) is 39.1. The van der Waals surface area contributed by atoms with Crippen LogP contribution in [0.5, 0.6) is 0 Å². The third-order valence-electron chi connectivity index (χ3n) is 14.2. The molecule has 14 rings (SSSR count). The molecular weight excluding hydrogens is 877 g/mol. The number of benzene rings is 12. The first kappa shape index (κ1) is 41.3. The van der Waals surface area contributed by atoms with Gasteiger partial charge in [0.1, 0.15) is 11.2 Å². The fourth-order valence-corrected chi connectivity index (χ4v) is 10.6. The molecule has 12 aromatic carbocycles. The van der Waals surface area contributed by atoms with Gasteiger partial charge in [0, 0.05) is 44.3 Å². The van der Waals surface area contributed by atoms with Gasteiger partial charge in [0.25, 0.3) is 0 Å². The molecule has 0 unspecified atom stereocenters. The predicted octanol–water partition coefficient (Wildman–Crippen LogP) is 19.7. The lowest BCUT2D eigenvalue weighted by atomic mass is 10.0. The Kier molecular flexibility index (Phi) is 9.82. The van der Waals surface area contributed by atoms with E-state index >= 15 is 0 Å². The number of anilines is 6. The van der Waals surface area contributed by atoms with Crippen molar-refractivity contribution in [3.8, 4) is 33.4 Å². The van der Waals surface area contributed by atoms with Crippen molar-refractivity contribution in [1.29, 1.82) is 0 Å². The third-order valence-corrected chi connectivity index (χ3v) is 14.2. The Hall–Kier alpha value is -9.64. The molecule has 14 aromatic rings. The lowest BCUT2D eigenvalue weighted by Crippen LogP contribution is -2.10. The van der Waals surface area contributed by atoms with Gasteiger partial charge in [-0.2, -0.15) is 0 Å². The van der Waals surface area contributed by atoms with Gasteiger partial charge in [-0.1, -0.05) is 182 Å². The Morgan fingerprint density at radius 3 is 0.917 bits per heavy atom. The van der Waals surface area contributed by atoms with Crippen molar-refractivity contribution < 1.29 is 8.83 Å². The van der Waals surface area contributed by atoms with Crippen LogP contribution in [0, 0.1) is 0 Å². The first-order valence-electron chi connectivity index (χ1n) is 24.5. The molecule has 0 N–H and O–H groups in total. The second-order valence-corrected chi connectivity index (χ2v) is 18.5. The van der Waals surface area contributed by atoms with Crippen molar-refractivity contribution in [3.63, 3.8) is 0 Å². The van der Waals surface area contributed by atoms with E-state index in [1.54, 1.807) is 0 Å². The molecule has 0 atom stereocenters. The lowest BCUT2D eigenvalue weighted by Gasteiger charge is -2.26. The van der Waals surface area contributed by atoms with Crippen molar-refractivity contribution in [3.05, 3.63) is 267 Å². The monoisotopic (exact) mass is 920 g/mol. The van der Waals surface area contributed by atoms with Crippen LogP contribution in [0.4, 0.5) is 34.1 Å². The minimum atomic E-state index is 0.850. The van der Waals surface area contributed by atoms with Crippen LogP contribution >= 0.6 is 0 Å². The fourth-order valence-electron chi connectivity index (χ4n) is 10.6. The minimum absolute atomic E-state index is 0.850. The third kappa shape index (κ3) is 7.16. The van der Waals surface area contributed by atoms with Crippen LogP contribution in [0.15, 0.2) is 276 Å². The topological polar surface area (TPSA) is 32.8 Å². The highest BCUT2D eigenvalue weighted by Gasteiger charge is 2.22. The van der Waals surface area contributed by atoms with Crippen molar-refractivity contribution in [1.82, 2.24) is 0 Å². The van der Waals surface area contributed by atoms with Gasteiger partial charge in [-0.15, -0.1) is 0 Å². The minimum Gasteiger partial charge on any atom is -0.454 e. The molecule has 0 aliphatic carbocycles. The van der Waals surface area contributed by atoms with E-state index < -0.39 is 0 Å². The van der Waals surface area contributed by atoms with Crippen molar-refractivity contribution >= 4 is 99.5 Å². The number of hydrogen-bond acceptors (Lipinski definition) is 4. The summed E-state index contributed by atoms with van der Waals surface area (Å²) in [5, 5.41) is 9.31. The van der Waals surface area contributed by atoms with Crippen LogP contribution < -0.4 is 9.80 Å². The molecule has 0 spiro atoms. The van der Waals surface area contributed by atoms with Crippen molar-refractivity contribution in [2.75, 3.05) is 9.80 Å². The van der Waals surface area contributed by atoms with Crippen molar-refractivity contribution in [2.24, 2.45) is 0 Å².